The molecule has 0 saturated carbocycles. The Hall–Kier alpha value is -0.670. The highest BCUT2D eigenvalue weighted by atomic mass is 35.7. The van der Waals surface area contributed by atoms with Crippen molar-refractivity contribution in [3.8, 4) is 5.75 Å². The lowest BCUT2D eigenvalue weighted by molar-refractivity contribution is -0.134. The molecular weight excluding hydrogens is 208 g/mol. The third kappa shape index (κ3) is 3.28. The van der Waals surface area contributed by atoms with Crippen molar-refractivity contribution in [2.45, 2.75) is 18.2 Å². The van der Waals surface area contributed by atoms with Crippen LogP contribution in [0.25, 0.3) is 0 Å². The Labute approximate surface area is 85.7 Å². The summed E-state index contributed by atoms with van der Waals surface area (Å²) in [6, 6.07) is 7.04. The number of esters is 1. The fourth-order valence-electron chi connectivity index (χ4n) is 0.763. The van der Waals surface area contributed by atoms with Gasteiger partial charge in [-0.2, -0.15) is 0 Å². The molecule has 70 valence electrons. The summed E-state index contributed by atoms with van der Waals surface area (Å²) in [6.45, 7) is 1.76. The van der Waals surface area contributed by atoms with Gasteiger partial charge in [0.1, 0.15) is 5.75 Å². The van der Waals surface area contributed by atoms with Crippen molar-refractivity contribution in [3.63, 3.8) is 0 Å². The van der Waals surface area contributed by atoms with Crippen LogP contribution in [-0.4, -0.2) is 5.97 Å². The summed E-state index contributed by atoms with van der Waals surface area (Å²) in [6.07, 6.45) is 0.381. The molecule has 0 N–H and O–H groups in total. The summed E-state index contributed by atoms with van der Waals surface area (Å²) in [5.74, 6) is 0.326. The van der Waals surface area contributed by atoms with Gasteiger partial charge in [0.15, 0.2) is 0 Å². The van der Waals surface area contributed by atoms with Crippen LogP contribution in [0.1, 0.15) is 13.3 Å². The van der Waals surface area contributed by atoms with Gasteiger partial charge in [0, 0.05) is 11.3 Å². The standard InChI is InChI=1S/C9H9ClO2S/c1-2-9(11)12-7-3-5-8(13-10)6-4-7/h3-6H,2H2,1H3. The van der Waals surface area contributed by atoms with E-state index < -0.39 is 0 Å². The first-order valence-corrected chi connectivity index (χ1v) is 5.50. The molecule has 0 radical (unpaired) electrons. The van der Waals surface area contributed by atoms with E-state index in [0.29, 0.717) is 12.2 Å². The zero-order chi connectivity index (χ0) is 9.68. The second-order valence-electron chi connectivity index (χ2n) is 2.38. The van der Waals surface area contributed by atoms with Gasteiger partial charge in [-0.25, -0.2) is 0 Å². The molecule has 1 aromatic rings. The minimum Gasteiger partial charge on any atom is -0.427 e. The molecule has 0 fully saturated rings. The van der Waals surface area contributed by atoms with Crippen LogP contribution in [-0.2, 0) is 4.79 Å². The molecular formula is C9H9ClO2S. The van der Waals surface area contributed by atoms with Gasteiger partial charge >= 0.3 is 5.97 Å². The predicted octanol–water partition coefficient (Wildman–Crippen LogP) is 3.25. The Morgan fingerprint density at radius 2 is 2.08 bits per heavy atom. The summed E-state index contributed by atoms with van der Waals surface area (Å²) in [7, 11) is 6.66. The van der Waals surface area contributed by atoms with Crippen molar-refractivity contribution in [3.05, 3.63) is 24.3 Å². The van der Waals surface area contributed by atoms with E-state index in [4.69, 9.17) is 15.4 Å². The number of benzene rings is 1. The van der Waals surface area contributed by atoms with Crippen molar-refractivity contribution >= 4 is 27.6 Å². The molecule has 0 aliphatic rings. The van der Waals surface area contributed by atoms with Gasteiger partial charge in [-0.15, -0.1) is 0 Å². The maximum absolute atomic E-state index is 10.9. The quantitative estimate of drug-likeness (QED) is 0.573. The van der Waals surface area contributed by atoms with Crippen LogP contribution in [0.3, 0.4) is 0 Å². The van der Waals surface area contributed by atoms with Gasteiger partial charge in [0.2, 0.25) is 0 Å². The zero-order valence-corrected chi connectivity index (χ0v) is 8.69. The minimum atomic E-state index is -0.230. The Morgan fingerprint density at radius 1 is 1.46 bits per heavy atom. The van der Waals surface area contributed by atoms with E-state index in [1.54, 1.807) is 31.2 Å². The van der Waals surface area contributed by atoms with Gasteiger partial charge in [-0.3, -0.25) is 4.79 Å². The highest BCUT2D eigenvalue weighted by molar-refractivity contribution is 8.21. The first-order chi connectivity index (χ1) is 6.26. The van der Waals surface area contributed by atoms with Crippen molar-refractivity contribution < 1.29 is 9.53 Å². The largest absolute Gasteiger partial charge is 0.427 e. The number of ether oxygens (including phenoxy) is 1. The lowest BCUT2D eigenvalue weighted by atomic mass is 10.3. The molecule has 0 unspecified atom stereocenters. The SMILES string of the molecule is CCC(=O)Oc1ccc(SCl)cc1. The third-order valence-electron chi connectivity index (χ3n) is 1.43. The predicted molar refractivity (Wildman–Crippen MR) is 54.1 cm³/mol. The molecule has 0 bridgehead atoms. The molecule has 13 heavy (non-hydrogen) atoms. The molecule has 0 aromatic heterocycles. The Kier molecular flexibility index (Phi) is 4.12. The molecule has 0 spiro atoms. The molecule has 1 aromatic carbocycles. The minimum absolute atomic E-state index is 0.230. The van der Waals surface area contributed by atoms with Crippen LogP contribution in [0, 0.1) is 0 Å². The summed E-state index contributed by atoms with van der Waals surface area (Å²) in [4.78, 5) is 11.8. The molecule has 0 atom stereocenters. The summed E-state index contributed by atoms with van der Waals surface area (Å²) < 4.78 is 4.97. The molecule has 0 aliphatic carbocycles. The van der Waals surface area contributed by atoms with Crippen molar-refractivity contribution in [2.24, 2.45) is 0 Å². The second kappa shape index (κ2) is 5.14. The van der Waals surface area contributed by atoms with E-state index >= 15 is 0 Å². The fraction of sp³-hybridized carbons (Fsp3) is 0.222. The lowest BCUT2D eigenvalue weighted by Gasteiger charge is -2.01. The van der Waals surface area contributed by atoms with Gasteiger partial charge in [0.05, 0.1) is 0 Å². The zero-order valence-electron chi connectivity index (χ0n) is 7.12. The van der Waals surface area contributed by atoms with Crippen molar-refractivity contribution in [1.29, 1.82) is 0 Å². The molecule has 0 amide bonds. The number of hydrogen-bond acceptors (Lipinski definition) is 3. The van der Waals surface area contributed by atoms with E-state index in [1.165, 1.54) is 0 Å². The average Bonchev–Trinajstić information content (AvgIpc) is 2.19. The highest BCUT2D eigenvalue weighted by Gasteiger charge is 2.00. The van der Waals surface area contributed by atoms with E-state index in [9.17, 15) is 4.79 Å². The second-order valence-corrected chi connectivity index (χ2v) is 3.46. The molecule has 2 nitrogen and oxygen atoms in total. The number of rotatable bonds is 3. The van der Waals surface area contributed by atoms with Crippen LogP contribution in [0.4, 0.5) is 0 Å². The summed E-state index contributed by atoms with van der Waals surface area (Å²) >= 11 is 0. The van der Waals surface area contributed by atoms with Crippen LogP contribution >= 0.6 is 21.7 Å². The lowest BCUT2D eigenvalue weighted by Crippen LogP contribution is -2.04. The fourth-order valence-corrected chi connectivity index (χ4v) is 1.31. The molecule has 4 heteroatoms. The Balaban J connectivity index is 2.64. The first-order valence-electron chi connectivity index (χ1n) is 3.85. The summed E-state index contributed by atoms with van der Waals surface area (Å²) in [5, 5.41) is 0. The van der Waals surface area contributed by atoms with E-state index in [2.05, 4.69) is 0 Å². The normalized spacial score (nSPS) is 9.69. The third-order valence-corrected chi connectivity index (χ3v) is 2.42. The Bertz CT molecular complexity index is 284. The number of halogens is 1. The van der Waals surface area contributed by atoms with Crippen molar-refractivity contribution in [2.75, 3.05) is 0 Å². The topological polar surface area (TPSA) is 26.3 Å². The maximum atomic E-state index is 10.9. The van der Waals surface area contributed by atoms with Crippen LogP contribution in [0.15, 0.2) is 29.2 Å². The van der Waals surface area contributed by atoms with E-state index in [1.807, 2.05) is 0 Å². The van der Waals surface area contributed by atoms with Gasteiger partial charge in [0.25, 0.3) is 0 Å². The molecule has 0 aliphatic heterocycles. The molecule has 0 saturated heterocycles. The van der Waals surface area contributed by atoms with E-state index in [-0.39, 0.29) is 5.97 Å². The van der Waals surface area contributed by atoms with Crippen LogP contribution in [0.5, 0.6) is 5.75 Å². The van der Waals surface area contributed by atoms with Gasteiger partial charge in [-0.1, -0.05) is 6.92 Å². The molecule has 1 rings (SSSR count). The number of carbonyl (C=O) groups excluding carboxylic acids is 1. The smallest absolute Gasteiger partial charge is 0.310 e. The Morgan fingerprint density at radius 3 is 2.54 bits per heavy atom. The molecule has 0 heterocycles. The van der Waals surface area contributed by atoms with Crippen LogP contribution < -0.4 is 4.74 Å². The van der Waals surface area contributed by atoms with Gasteiger partial charge < -0.3 is 4.74 Å². The monoisotopic (exact) mass is 216 g/mol. The van der Waals surface area contributed by atoms with E-state index in [0.717, 1.165) is 15.9 Å². The van der Waals surface area contributed by atoms with Crippen LogP contribution in [0.2, 0.25) is 0 Å². The first kappa shape index (κ1) is 10.4. The van der Waals surface area contributed by atoms with Crippen molar-refractivity contribution in [1.82, 2.24) is 0 Å². The maximum Gasteiger partial charge on any atom is 0.310 e. The number of carbonyl (C=O) groups is 1. The van der Waals surface area contributed by atoms with Gasteiger partial charge in [-0.05, 0) is 45.9 Å². The summed E-state index contributed by atoms with van der Waals surface area (Å²) in [5.41, 5.74) is 0. The average molecular weight is 217 g/mol. The highest BCUT2D eigenvalue weighted by Crippen LogP contribution is 2.24. The number of hydrogen-bond donors (Lipinski definition) is 0.